The first-order chi connectivity index (χ1) is 15.2. The maximum Gasteiger partial charge on any atom is 0.272 e. The number of nitrogens with zero attached hydrogens (tertiary/aromatic N) is 5. The van der Waals surface area contributed by atoms with Gasteiger partial charge in [-0.25, -0.2) is 24.3 Å². The highest BCUT2D eigenvalue weighted by atomic mass is 35.5. The quantitative estimate of drug-likeness (QED) is 0.470. The normalized spacial score (nSPS) is 13.6. The number of carbonyl (C=O) groups is 1. The van der Waals surface area contributed by atoms with Crippen molar-refractivity contribution in [2.75, 3.05) is 31.5 Å². The van der Waals surface area contributed by atoms with Gasteiger partial charge in [0.2, 0.25) is 5.95 Å². The van der Waals surface area contributed by atoms with Crippen LogP contribution in [0.1, 0.15) is 10.5 Å². The number of piperazine rings is 1. The minimum Gasteiger partial charge on any atom is -0.335 e. The van der Waals surface area contributed by atoms with Gasteiger partial charge in [0.05, 0.1) is 33.8 Å². The van der Waals surface area contributed by atoms with Crippen LogP contribution in [0.15, 0.2) is 48.2 Å². The van der Waals surface area contributed by atoms with Crippen LogP contribution in [0.25, 0.3) is 21.5 Å². The first kappa shape index (κ1) is 22.0. The number of benzene rings is 1. The molecule has 0 spiro atoms. The minimum atomic E-state index is -0.518. The predicted octanol–water partition coefficient (Wildman–Crippen LogP) is 3.50. The number of anilines is 2. The third-order valence-electron chi connectivity index (χ3n) is 4.99. The van der Waals surface area contributed by atoms with Crippen LogP contribution in [-0.2, 0) is 0 Å². The Bertz CT molecular complexity index is 1240. The van der Waals surface area contributed by atoms with E-state index in [0.29, 0.717) is 30.0 Å². The van der Waals surface area contributed by atoms with Gasteiger partial charge in [-0.3, -0.25) is 4.79 Å². The summed E-state index contributed by atoms with van der Waals surface area (Å²) in [7, 11) is 0. The maximum absolute atomic E-state index is 14.4. The van der Waals surface area contributed by atoms with Gasteiger partial charge >= 0.3 is 0 Å². The van der Waals surface area contributed by atoms with Crippen molar-refractivity contribution in [3.63, 3.8) is 0 Å². The number of hydrogen-bond donors (Lipinski definition) is 2. The van der Waals surface area contributed by atoms with Crippen molar-refractivity contribution in [2.24, 2.45) is 0 Å². The topological polar surface area (TPSA) is 95.9 Å². The van der Waals surface area contributed by atoms with Crippen molar-refractivity contribution < 1.29 is 9.18 Å². The zero-order chi connectivity index (χ0) is 21.2. The fraction of sp³-hybridized carbons (Fsp3) is 0.190. The van der Waals surface area contributed by atoms with E-state index >= 15 is 0 Å². The monoisotopic (exact) mass is 471 g/mol. The van der Waals surface area contributed by atoms with Gasteiger partial charge < -0.3 is 15.5 Å². The number of hydrogen-bond acceptors (Lipinski definition) is 8. The summed E-state index contributed by atoms with van der Waals surface area (Å²) in [4.78, 5) is 31.2. The predicted molar refractivity (Wildman–Crippen MR) is 124 cm³/mol. The molecule has 8 nitrogen and oxygen atoms in total. The molecule has 0 radical (unpaired) electrons. The summed E-state index contributed by atoms with van der Waals surface area (Å²) in [5, 5.41) is 6.24. The van der Waals surface area contributed by atoms with Crippen LogP contribution < -0.4 is 10.6 Å². The van der Waals surface area contributed by atoms with Crippen molar-refractivity contribution in [2.45, 2.75) is 0 Å². The second-order valence-electron chi connectivity index (χ2n) is 7.02. The van der Waals surface area contributed by atoms with Crippen LogP contribution in [0.5, 0.6) is 0 Å². The van der Waals surface area contributed by atoms with Gasteiger partial charge in [0.1, 0.15) is 11.4 Å². The average molecular weight is 472 g/mol. The highest BCUT2D eigenvalue weighted by molar-refractivity contribution is 7.16. The summed E-state index contributed by atoms with van der Waals surface area (Å²) < 4.78 is 15.4. The van der Waals surface area contributed by atoms with Crippen molar-refractivity contribution in [3.8, 4) is 11.3 Å². The number of carbonyl (C=O) groups excluding carboxylic acids is 1. The Morgan fingerprint density at radius 2 is 1.94 bits per heavy atom. The summed E-state index contributed by atoms with van der Waals surface area (Å²) in [6, 6.07) is 8.91. The highest BCUT2D eigenvalue weighted by Gasteiger charge is 2.19. The van der Waals surface area contributed by atoms with Crippen LogP contribution in [0.2, 0.25) is 0 Å². The van der Waals surface area contributed by atoms with E-state index in [1.165, 1.54) is 11.3 Å². The van der Waals surface area contributed by atoms with Gasteiger partial charge in [0.25, 0.3) is 5.91 Å². The SMILES string of the molecule is Cl.O=C(c1ccc(Nc2ncc(F)c(-c3ccc4scnc4c3)n2)cn1)N1CCNCC1. The number of halogens is 2. The van der Waals surface area contributed by atoms with Crippen LogP contribution in [0.4, 0.5) is 16.0 Å². The molecule has 0 bridgehead atoms. The lowest BCUT2D eigenvalue weighted by atomic mass is 10.1. The lowest BCUT2D eigenvalue weighted by Gasteiger charge is -2.27. The van der Waals surface area contributed by atoms with Gasteiger partial charge in [-0.2, -0.15) is 0 Å². The van der Waals surface area contributed by atoms with Gasteiger partial charge in [0, 0.05) is 31.7 Å². The minimum absolute atomic E-state index is 0. The number of pyridine rings is 1. The van der Waals surface area contributed by atoms with Crippen LogP contribution >= 0.6 is 23.7 Å². The molecule has 11 heteroatoms. The average Bonchev–Trinajstić information content (AvgIpc) is 3.29. The Balaban J connectivity index is 0.00000245. The van der Waals surface area contributed by atoms with Crippen LogP contribution in [0, 0.1) is 5.82 Å². The molecule has 0 saturated carbocycles. The zero-order valence-electron chi connectivity index (χ0n) is 16.8. The molecule has 164 valence electrons. The summed E-state index contributed by atoms with van der Waals surface area (Å²) in [6.45, 7) is 2.90. The smallest absolute Gasteiger partial charge is 0.272 e. The van der Waals surface area contributed by atoms with Crippen molar-refractivity contribution >= 4 is 51.5 Å². The molecule has 1 amide bonds. The summed E-state index contributed by atoms with van der Waals surface area (Å²) in [5.41, 5.74) is 4.34. The molecule has 0 atom stereocenters. The summed E-state index contributed by atoms with van der Waals surface area (Å²) in [6.07, 6.45) is 2.68. The van der Waals surface area contributed by atoms with Gasteiger partial charge in [-0.05, 0) is 24.3 Å². The Kier molecular flexibility index (Phi) is 6.54. The van der Waals surface area contributed by atoms with E-state index < -0.39 is 5.82 Å². The first-order valence-electron chi connectivity index (χ1n) is 9.76. The molecular weight excluding hydrogens is 453 g/mol. The molecular formula is C21H19ClFN7OS. The molecule has 3 aromatic heterocycles. The van der Waals surface area contributed by atoms with E-state index in [1.54, 1.807) is 34.8 Å². The fourth-order valence-electron chi connectivity index (χ4n) is 3.39. The molecule has 2 N–H and O–H groups in total. The molecule has 1 aliphatic rings. The maximum atomic E-state index is 14.4. The number of amides is 1. The Morgan fingerprint density at radius 1 is 1.09 bits per heavy atom. The Morgan fingerprint density at radius 3 is 2.72 bits per heavy atom. The van der Waals surface area contributed by atoms with Crippen LogP contribution in [0.3, 0.4) is 0 Å². The number of aromatic nitrogens is 4. The zero-order valence-corrected chi connectivity index (χ0v) is 18.4. The lowest BCUT2D eigenvalue weighted by molar-refractivity contribution is 0.0730. The number of nitrogens with one attached hydrogen (secondary N) is 2. The second-order valence-corrected chi connectivity index (χ2v) is 7.91. The van der Waals surface area contributed by atoms with E-state index in [0.717, 1.165) is 29.5 Å². The van der Waals surface area contributed by atoms with Crippen molar-refractivity contribution in [1.82, 2.24) is 30.2 Å². The molecule has 0 unspecified atom stereocenters. The first-order valence-corrected chi connectivity index (χ1v) is 10.6. The van der Waals surface area contributed by atoms with Crippen LogP contribution in [-0.4, -0.2) is 56.9 Å². The van der Waals surface area contributed by atoms with E-state index in [-0.39, 0.29) is 30.0 Å². The Labute approximate surface area is 193 Å². The Hall–Kier alpha value is -3.21. The van der Waals surface area contributed by atoms with Gasteiger partial charge in [0.15, 0.2) is 5.82 Å². The molecule has 32 heavy (non-hydrogen) atoms. The van der Waals surface area contributed by atoms with Crippen molar-refractivity contribution in [3.05, 3.63) is 59.7 Å². The second kappa shape index (κ2) is 9.51. The third-order valence-corrected chi connectivity index (χ3v) is 5.80. The number of rotatable bonds is 4. The number of fused-ring (bicyclic) bond motifs is 1. The fourth-order valence-corrected chi connectivity index (χ4v) is 4.05. The molecule has 1 aliphatic heterocycles. The number of thiazole rings is 1. The summed E-state index contributed by atoms with van der Waals surface area (Å²) >= 11 is 1.53. The molecule has 5 rings (SSSR count). The van der Waals surface area contributed by atoms with Gasteiger partial charge in [-0.1, -0.05) is 6.07 Å². The van der Waals surface area contributed by atoms with E-state index in [4.69, 9.17) is 0 Å². The molecule has 1 fully saturated rings. The van der Waals surface area contributed by atoms with E-state index in [1.807, 2.05) is 12.1 Å². The van der Waals surface area contributed by atoms with E-state index in [2.05, 4.69) is 30.6 Å². The molecule has 1 saturated heterocycles. The van der Waals surface area contributed by atoms with Gasteiger partial charge in [-0.15, -0.1) is 23.7 Å². The third kappa shape index (κ3) is 4.52. The molecule has 4 heterocycles. The highest BCUT2D eigenvalue weighted by Crippen LogP contribution is 2.27. The molecule has 1 aromatic carbocycles. The van der Waals surface area contributed by atoms with Crippen molar-refractivity contribution in [1.29, 1.82) is 0 Å². The molecule has 0 aliphatic carbocycles. The summed E-state index contributed by atoms with van der Waals surface area (Å²) in [5.74, 6) is -0.376. The lowest BCUT2D eigenvalue weighted by Crippen LogP contribution is -2.46. The largest absolute Gasteiger partial charge is 0.335 e. The standard InChI is InChI=1S/C21H18FN7OS.ClH/c22-15-11-25-21(28-19(15)13-1-4-18-17(9-13)26-12-31-18)27-14-2-3-16(24-10-14)20(30)29-7-5-23-6-8-29;/h1-4,9-12,23H,5-8H2,(H,25,27,28);1H. The van der Waals surface area contributed by atoms with E-state index in [9.17, 15) is 9.18 Å². The molecule has 4 aromatic rings.